The third-order valence-corrected chi connectivity index (χ3v) is 7.13. The molecule has 2 aromatic rings. The fraction of sp³-hybridized carbons (Fsp3) is 0.444. The minimum absolute atomic E-state index is 0.0368. The second-order valence-electron chi connectivity index (χ2n) is 9.39. The molecule has 2 N–H and O–H groups in total. The van der Waals surface area contributed by atoms with Crippen LogP contribution in [0.5, 0.6) is 0 Å². The summed E-state index contributed by atoms with van der Waals surface area (Å²) in [7, 11) is 0. The molecule has 7 nitrogen and oxygen atoms in total. The standard InChI is InChI=1S/C27H32N2O5/c1-3-9-18(16-24(30)29-15-8-14-27(29,2)25(31)32)28-26(33)34-17-23-21-12-6-4-10-19(21)20-11-5-7-13-22(20)23/h4-7,10-13,18,23H,3,8-9,14-17H2,1-2H3,(H,28,33)(H,31,32)/t18-,27?/m1/s1. The average Bonchev–Trinajstić information content (AvgIpc) is 3.37. The van der Waals surface area contributed by atoms with E-state index in [-0.39, 0.29) is 24.9 Å². The lowest BCUT2D eigenvalue weighted by atomic mass is 9.98. The first-order valence-corrected chi connectivity index (χ1v) is 12.0. The van der Waals surface area contributed by atoms with E-state index in [1.807, 2.05) is 31.2 Å². The van der Waals surface area contributed by atoms with Gasteiger partial charge in [-0.25, -0.2) is 9.59 Å². The zero-order valence-electron chi connectivity index (χ0n) is 19.8. The summed E-state index contributed by atoms with van der Waals surface area (Å²) in [4.78, 5) is 38.8. The number of amides is 2. The van der Waals surface area contributed by atoms with Crippen molar-refractivity contribution in [3.05, 3.63) is 59.7 Å². The first-order valence-electron chi connectivity index (χ1n) is 12.0. The molecule has 0 spiro atoms. The Morgan fingerprint density at radius 1 is 1.12 bits per heavy atom. The van der Waals surface area contributed by atoms with Crippen molar-refractivity contribution in [1.29, 1.82) is 0 Å². The molecule has 1 unspecified atom stereocenters. The van der Waals surface area contributed by atoms with Crippen LogP contribution in [0.3, 0.4) is 0 Å². The zero-order valence-corrected chi connectivity index (χ0v) is 19.8. The molecule has 1 aliphatic heterocycles. The summed E-state index contributed by atoms with van der Waals surface area (Å²) in [5, 5.41) is 12.4. The Morgan fingerprint density at radius 3 is 2.32 bits per heavy atom. The molecular formula is C27H32N2O5. The fourth-order valence-electron chi connectivity index (χ4n) is 5.29. The number of nitrogens with one attached hydrogen (secondary N) is 1. The number of hydrogen-bond donors (Lipinski definition) is 2. The lowest BCUT2D eigenvalue weighted by molar-refractivity contribution is -0.155. The van der Waals surface area contributed by atoms with Crippen LogP contribution in [-0.4, -0.2) is 52.7 Å². The van der Waals surface area contributed by atoms with Gasteiger partial charge in [0.2, 0.25) is 5.91 Å². The first-order chi connectivity index (χ1) is 16.3. The maximum Gasteiger partial charge on any atom is 0.407 e. The molecule has 2 atom stereocenters. The van der Waals surface area contributed by atoms with Crippen LogP contribution in [0.4, 0.5) is 4.79 Å². The number of rotatable bonds is 8. The molecule has 0 bridgehead atoms. The first kappa shape index (κ1) is 23.8. The molecule has 0 saturated carbocycles. The lowest BCUT2D eigenvalue weighted by Gasteiger charge is -2.32. The highest BCUT2D eigenvalue weighted by Crippen LogP contribution is 2.44. The van der Waals surface area contributed by atoms with Gasteiger partial charge in [0.05, 0.1) is 0 Å². The Kier molecular flexibility index (Phi) is 6.91. The highest BCUT2D eigenvalue weighted by Gasteiger charge is 2.46. The van der Waals surface area contributed by atoms with E-state index in [1.54, 1.807) is 6.92 Å². The van der Waals surface area contributed by atoms with Crippen molar-refractivity contribution >= 4 is 18.0 Å². The summed E-state index contributed by atoms with van der Waals surface area (Å²) in [5.41, 5.74) is 3.41. The molecule has 2 amide bonds. The van der Waals surface area contributed by atoms with Gasteiger partial charge in [-0.2, -0.15) is 0 Å². The monoisotopic (exact) mass is 464 g/mol. The van der Waals surface area contributed by atoms with E-state index in [9.17, 15) is 19.5 Å². The molecule has 1 aliphatic carbocycles. The fourth-order valence-corrected chi connectivity index (χ4v) is 5.29. The smallest absolute Gasteiger partial charge is 0.407 e. The van der Waals surface area contributed by atoms with Crippen LogP contribution in [0.1, 0.15) is 63.0 Å². The number of nitrogens with zero attached hydrogens (tertiary/aromatic N) is 1. The Balaban J connectivity index is 1.39. The van der Waals surface area contributed by atoms with Crippen LogP contribution in [0.25, 0.3) is 11.1 Å². The van der Waals surface area contributed by atoms with Gasteiger partial charge in [-0.05, 0) is 48.4 Å². The number of benzene rings is 2. The Morgan fingerprint density at radius 2 is 1.74 bits per heavy atom. The van der Waals surface area contributed by atoms with E-state index in [0.29, 0.717) is 25.8 Å². The number of hydrogen-bond acceptors (Lipinski definition) is 4. The van der Waals surface area contributed by atoms with Gasteiger partial charge in [0.1, 0.15) is 12.1 Å². The van der Waals surface area contributed by atoms with Gasteiger partial charge in [0, 0.05) is 24.9 Å². The number of aliphatic carboxylic acids is 1. The molecular weight excluding hydrogens is 432 g/mol. The van der Waals surface area contributed by atoms with E-state index in [2.05, 4.69) is 29.6 Å². The van der Waals surface area contributed by atoms with E-state index in [0.717, 1.165) is 28.7 Å². The maximum absolute atomic E-state index is 12.9. The van der Waals surface area contributed by atoms with Gasteiger partial charge >= 0.3 is 12.1 Å². The van der Waals surface area contributed by atoms with Gasteiger partial charge in [-0.3, -0.25) is 4.79 Å². The lowest BCUT2D eigenvalue weighted by Crippen LogP contribution is -2.52. The average molecular weight is 465 g/mol. The van der Waals surface area contributed by atoms with Crippen molar-refractivity contribution in [2.75, 3.05) is 13.2 Å². The molecule has 4 rings (SSSR count). The summed E-state index contributed by atoms with van der Waals surface area (Å²) in [6.45, 7) is 4.20. The second-order valence-corrected chi connectivity index (χ2v) is 9.39. The molecule has 180 valence electrons. The number of carboxylic acid groups (broad SMARTS) is 1. The Bertz CT molecular complexity index is 1040. The zero-order chi connectivity index (χ0) is 24.3. The maximum atomic E-state index is 12.9. The van der Waals surface area contributed by atoms with Crippen molar-refractivity contribution < 1.29 is 24.2 Å². The number of alkyl carbamates (subject to hydrolysis) is 1. The molecule has 7 heteroatoms. The van der Waals surface area contributed by atoms with E-state index in [4.69, 9.17) is 4.74 Å². The SMILES string of the molecule is CCC[C@H](CC(=O)N1CCCC1(C)C(=O)O)NC(=O)OCC1c2ccccc2-c2ccccc21. The number of carbonyl (C=O) groups is 3. The minimum Gasteiger partial charge on any atom is -0.480 e. The van der Waals surface area contributed by atoms with Crippen molar-refractivity contribution in [1.82, 2.24) is 10.2 Å². The predicted molar refractivity (Wildman–Crippen MR) is 129 cm³/mol. The van der Waals surface area contributed by atoms with Gasteiger partial charge < -0.3 is 20.1 Å². The highest BCUT2D eigenvalue weighted by molar-refractivity contribution is 5.88. The molecule has 0 aromatic heterocycles. The van der Waals surface area contributed by atoms with Crippen molar-refractivity contribution in [3.8, 4) is 11.1 Å². The number of carbonyl (C=O) groups excluding carboxylic acids is 2. The largest absolute Gasteiger partial charge is 0.480 e. The minimum atomic E-state index is -1.18. The Labute approximate surface area is 200 Å². The van der Waals surface area contributed by atoms with Crippen molar-refractivity contribution in [2.45, 2.75) is 63.5 Å². The summed E-state index contributed by atoms with van der Waals surface area (Å²) >= 11 is 0. The van der Waals surface area contributed by atoms with Crippen molar-refractivity contribution in [3.63, 3.8) is 0 Å². The number of fused-ring (bicyclic) bond motifs is 3. The number of likely N-dealkylation sites (tertiary alicyclic amines) is 1. The molecule has 34 heavy (non-hydrogen) atoms. The van der Waals surface area contributed by atoms with Gasteiger partial charge in [-0.15, -0.1) is 0 Å². The molecule has 2 aromatic carbocycles. The Hall–Kier alpha value is -3.35. The summed E-state index contributed by atoms with van der Waals surface area (Å²) in [6, 6.07) is 15.9. The summed E-state index contributed by atoms with van der Waals surface area (Å²) in [5.74, 6) is -1.28. The summed E-state index contributed by atoms with van der Waals surface area (Å²) in [6.07, 6.45) is 1.97. The highest BCUT2D eigenvalue weighted by atomic mass is 16.5. The molecule has 1 fully saturated rings. The predicted octanol–water partition coefficient (Wildman–Crippen LogP) is 4.55. The van der Waals surface area contributed by atoms with Gasteiger partial charge in [0.25, 0.3) is 0 Å². The molecule has 2 aliphatic rings. The van der Waals surface area contributed by atoms with Crippen LogP contribution in [-0.2, 0) is 14.3 Å². The van der Waals surface area contributed by atoms with Crippen LogP contribution < -0.4 is 5.32 Å². The number of ether oxygens (including phenoxy) is 1. The third-order valence-electron chi connectivity index (χ3n) is 7.13. The molecule has 1 saturated heterocycles. The van der Waals surface area contributed by atoms with Crippen molar-refractivity contribution in [2.24, 2.45) is 0 Å². The van der Waals surface area contributed by atoms with E-state index >= 15 is 0 Å². The topological polar surface area (TPSA) is 95.9 Å². The molecule has 1 heterocycles. The van der Waals surface area contributed by atoms with E-state index in [1.165, 1.54) is 4.90 Å². The van der Waals surface area contributed by atoms with Crippen LogP contribution in [0, 0.1) is 0 Å². The van der Waals surface area contributed by atoms with Crippen LogP contribution in [0.15, 0.2) is 48.5 Å². The van der Waals surface area contributed by atoms with E-state index < -0.39 is 23.6 Å². The van der Waals surface area contributed by atoms with Gasteiger partial charge in [0.15, 0.2) is 0 Å². The normalized spacial score (nSPS) is 19.9. The second kappa shape index (κ2) is 9.87. The van der Waals surface area contributed by atoms with Gasteiger partial charge in [-0.1, -0.05) is 61.9 Å². The van der Waals surface area contributed by atoms with Crippen LogP contribution in [0.2, 0.25) is 0 Å². The summed E-state index contributed by atoms with van der Waals surface area (Å²) < 4.78 is 5.63. The quantitative estimate of drug-likeness (QED) is 0.598. The third kappa shape index (κ3) is 4.52. The molecule has 0 radical (unpaired) electrons. The van der Waals surface area contributed by atoms with Crippen LogP contribution >= 0.6 is 0 Å². The number of carboxylic acids is 1.